The Morgan fingerprint density at radius 2 is 2.14 bits per heavy atom. The molecule has 0 bridgehead atoms. The van der Waals surface area contributed by atoms with E-state index < -0.39 is 11.8 Å². The molecule has 0 aromatic rings. The number of amides is 2. The Bertz CT molecular complexity index is 282. The van der Waals surface area contributed by atoms with Gasteiger partial charge in [0.05, 0.1) is 6.07 Å². The van der Waals surface area contributed by atoms with Crippen LogP contribution in [0.2, 0.25) is 0 Å². The van der Waals surface area contributed by atoms with Crippen molar-refractivity contribution < 1.29 is 9.59 Å². The lowest BCUT2D eigenvalue weighted by Gasteiger charge is -2.34. The molecular formula is C9H13N3O2. The number of nitriles is 1. The van der Waals surface area contributed by atoms with Crippen molar-refractivity contribution in [3.05, 3.63) is 0 Å². The molecule has 0 spiro atoms. The maximum Gasteiger partial charge on any atom is 0.310 e. The molecular weight excluding hydrogens is 182 g/mol. The Hall–Kier alpha value is -1.57. The van der Waals surface area contributed by atoms with Crippen LogP contribution in [-0.4, -0.2) is 24.4 Å². The van der Waals surface area contributed by atoms with E-state index in [2.05, 4.69) is 10.6 Å². The maximum absolute atomic E-state index is 11.2. The highest BCUT2D eigenvalue weighted by Gasteiger charge is 2.29. The van der Waals surface area contributed by atoms with Crippen LogP contribution in [0.25, 0.3) is 0 Å². The third-order valence-corrected chi connectivity index (χ3v) is 2.47. The molecule has 5 nitrogen and oxygen atoms in total. The zero-order valence-corrected chi connectivity index (χ0v) is 8.04. The van der Waals surface area contributed by atoms with Crippen molar-refractivity contribution in [3.63, 3.8) is 0 Å². The van der Waals surface area contributed by atoms with Crippen molar-refractivity contribution in [2.75, 3.05) is 6.54 Å². The molecule has 1 fully saturated rings. The molecule has 0 radical (unpaired) electrons. The molecule has 76 valence electrons. The van der Waals surface area contributed by atoms with Crippen LogP contribution in [0.3, 0.4) is 0 Å². The van der Waals surface area contributed by atoms with Gasteiger partial charge in [-0.2, -0.15) is 5.26 Å². The molecule has 0 aromatic carbocycles. The monoisotopic (exact) mass is 195 g/mol. The second-order valence-corrected chi connectivity index (χ2v) is 3.48. The highest BCUT2D eigenvalue weighted by molar-refractivity contribution is 6.35. The molecule has 1 rings (SSSR count). The van der Waals surface area contributed by atoms with Gasteiger partial charge >= 0.3 is 11.8 Å². The van der Waals surface area contributed by atoms with Gasteiger partial charge in [0.1, 0.15) is 6.54 Å². The Labute approximate surface area is 82.5 Å². The molecule has 1 saturated carbocycles. The van der Waals surface area contributed by atoms with Crippen LogP contribution in [0.4, 0.5) is 0 Å². The summed E-state index contributed by atoms with van der Waals surface area (Å²) >= 11 is 0. The fourth-order valence-electron chi connectivity index (χ4n) is 1.32. The van der Waals surface area contributed by atoms with E-state index in [1.54, 1.807) is 6.07 Å². The highest BCUT2D eigenvalue weighted by atomic mass is 16.2. The van der Waals surface area contributed by atoms with Crippen LogP contribution in [0, 0.1) is 17.2 Å². The number of carbonyl (C=O) groups is 2. The number of rotatable bonds is 2. The van der Waals surface area contributed by atoms with E-state index in [0.29, 0.717) is 5.92 Å². The molecule has 0 aromatic heterocycles. The highest BCUT2D eigenvalue weighted by Crippen LogP contribution is 2.26. The minimum Gasteiger partial charge on any atom is -0.345 e. The zero-order valence-electron chi connectivity index (χ0n) is 8.04. The van der Waals surface area contributed by atoms with Gasteiger partial charge < -0.3 is 10.6 Å². The van der Waals surface area contributed by atoms with Crippen LogP contribution in [0.5, 0.6) is 0 Å². The molecule has 5 heteroatoms. The van der Waals surface area contributed by atoms with Crippen LogP contribution in [0.1, 0.15) is 19.8 Å². The van der Waals surface area contributed by atoms with E-state index >= 15 is 0 Å². The SMILES string of the molecule is CC1CCC1NC(=O)C(=O)NCC#N. The molecule has 1 aliphatic rings. The third-order valence-electron chi connectivity index (χ3n) is 2.47. The summed E-state index contributed by atoms with van der Waals surface area (Å²) in [5.74, 6) is -0.926. The quantitative estimate of drug-likeness (QED) is 0.462. The molecule has 0 heterocycles. The van der Waals surface area contributed by atoms with Gasteiger partial charge in [-0.1, -0.05) is 6.92 Å². The standard InChI is InChI=1S/C9H13N3O2/c1-6-2-3-7(6)12-9(14)8(13)11-5-4-10/h6-7H,2-3,5H2,1H3,(H,11,13)(H,12,14). The molecule has 2 atom stereocenters. The van der Waals surface area contributed by atoms with E-state index in [0.717, 1.165) is 12.8 Å². The first-order valence-corrected chi connectivity index (χ1v) is 4.60. The molecule has 0 aliphatic heterocycles. The topological polar surface area (TPSA) is 82.0 Å². The smallest absolute Gasteiger partial charge is 0.310 e. The summed E-state index contributed by atoms with van der Waals surface area (Å²) in [5.41, 5.74) is 0. The van der Waals surface area contributed by atoms with Gasteiger partial charge in [-0.15, -0.1) is 0 Å². The summed E-state index contributed by atoms with van der Waals surface area (Å²) in [5, 5.41) is 13.0. The van der Waals surface area contributed by atoms with Crippen LogP contribution >= 0.6 is 0 Å². The largest absolute Gasteiger partial charge is 0.345 e. The summed E-state index contributed by atoms with van der Waals surface area (Å²) in [6.45, 7) is 1.90. The Kier molecular flexibility index (Phi) is 3.46. The second-order valence-electron chi connectivity index (χ2n) is 3.48. The summed E-state index contributed by atoms with van der Waals surface area (Å²) in [6.07, 6.45) is 2.02. The number of carbonyl (C=O) groups excluding carboxylic acids is 2. The minimum absolute atomic E-state index is 0.121. The summed E-state index contributed by atoms with van der Waals surface area (Å²) < 4.78 is 0. The van der Waals surface area contributed by atoms with E-state index in [1.807, 2.05) is 6.92 Å². The van der Waals surface area contributed by atoms with Gasteiger partial charge in [-0.3, -0.25) is 9.59 Å². The van der Waals surface area contributed by atoms with Crippen molar-refractivity contribution in [3.8, 4) is 6.07 Å². The molecule has 2 amide bonds. The lowest BCUT2D eigenvalue weighted by atomic mass is 9.81. The summed E-state index contributed by atoms with van der Waals surface area (Å²) in [7, 11) is 0. The van der Waals surface area contributed by atoms with Crippen molar-refractivity contribution in [2.24, 2.45) is 5.92 Å². The molecule has 1 aliphatic carbocycles. The van der Waals surface area contributed by atoms with Gasteiger partial charge in [-0.05, 0) is 18.8 Å². The summed E-state index contributed by atoms with van der Waals surface area (Å²) in [6, 6.07) is 1.85. The first-order chi connectivity index (χ1) is 6.65. The normalized spacial score (nSPS) is 24.3. The molecule has 2 unspecified atom stereocenters. The van der Waals surface area contributed by atoms with Crippen LogP contribution in [-0.2, 0) is 9.59 Å². The molecule has 2 N–H and O–H groups in total. The molecule has 0 saturated heterocycles. The van der Waals surface area contributed by atoms with E-state index in [9.17, 15) is 9.59 Å². The fourth-order valence-corrected chi connectivity index (χ4v) is 1.32. The Morgan fingerprint density at radius 3 is 2.57 bits per heavy atom. The maximum atomic E-state index is 11.2. The zero-order chi connectivity index (χ0) is 10.6. The van der Waals surface area contributed by atoms with E-state index in [1.165, 1.54) is 0 Å². The van der Waals surface area contributed by atoms with Gasteiger partial charge in [0.25, 0.3) is 0 Å². The van der Waals surface area contributed by atoms with Crippen molar-refractivity contribution in [1.82, 2.24) is 10.6 Å². The average molecular weight is 195 g/mol. The molecule has 14 heavy (non-hydrogen) atoms. The minimum atomic E-state index is -0.731. The number of hydrogen-bond acceptors (Lipinski definition) is 3. The lowest BCUT2D eigenvalue weighted by Crippen LogP contribution is -2.50. The van der Waals surface area contributed by atoms with Crippen molar-refractivity contribution in [1.29, 1.82) is 5.26 Å². The third kappa shape index (κ3) is 2.46. The Morgan fingerprint density at radius 1 is 1.43 bits per heavy atom. The van der Waals surface area contributed by atoms with Gasteiger partial charge in [0.15, 0.2) is 0 Å². The summed E-state index contributed by atoms with van der Waals surface area (Å²) in [4.78, 5) is 22.2. The van der Waals surface area contributed by atoms with E-state index in [4.69, 9.17) is 5.26 Å². The van der Waals surface area contributed by atoms with E-state index in [-0.39, 0.29) is 12.6 Å². The van der Waals surface area contributed by atoms with Crippen LogP contribution < -0.4 is 10.6 Å². The second kappa shape index (κ2) is 4.61. The number of nitrogens with one attached hydrogen (secondary N) is 2. The van der Waals surface area contributed by atoms with Gasteiger partial charge in [-0.25, -0.2) is 0 Å². The Balaban J connectivity index is 2.27. The van der Waals surface area contributed by atoms with Crippen LogP contribution in [0.15, 0.2) is 0 Å². The predicted molar refractivity (Wildman–Crippen MR) is 49.0 cm³/mol. The van der Waals surface area contributed by atoms with Gasteiger partial charge in [0.2, 0.25) is 0 Å². The fraction of sp³-hybridized carbons (Fsp3) is 0.667. The average Bonchev–Trinajstić information content (AvgIpc) is 2.19. The van der Waals surface area contributed by atoms with Crippen molar-refractivity contribution >= 4 is 11.8 Å². The number of hydrogen-bond donors (Lipinski definition) is 2. The van der Waals surface area contributed by atoms with Crippen molar-refractivity contribution in [2.45, 2.75) is 25.8 Å². The van der Waals surface area contributed by atoms with Gasteiger partial charge in [0, 0.05) is 6.04 Å². The number of nitrogens with zero attached hydrogens (tertiary/aromatic N) is 1. The predicted octanol–water partition coefficient (Wildman–Crippen LogP) is -0.459. The lowest BCUT2D eigenvalue weighted by molar-refractivity contribution is -0.140. The first-order valence-electron chi connectivity index (χ1n) is 4.60. The first kappa shape index (κ1) is 10.5.